The van der Waals surface area contributed by atoms with E-state index in [2.05, 4.69) is 54.7 Å². The van der Waals surface area contributed by atoms with Crippen LogP contribution in [0.5, 0.6) is 0 Å². The molecule has 5 rings (SSSR count). The average Bonchev–Trinajstić information content (AvgIpc) is 3.09. The molecule has 0 bridgehead atoms. The van der Waals surface area contributed by atoms with E-state index in [1.54, 1.807) is 0 Å². The van der Waals surface area contributed by atoms with Gasteiger partial charge in [-0.3, -0.25) is 0 Å². The van der Waals surface area contributed by atoms with E-state index in [1.807, 2.05) is 0 Å². The van der Waals surface area contributed by atoms with Gasteiger partial charge in [0.15, 0.2) is 0 Å². The van der Waals surface area contributed by atoms with Gasteiger partial charge in [0, 0.05) is 5.41 Å². The molecule has 0 radical (unpaired) electrons. The summed E-state index contributed by atoms with van der Waals surface area (Å²) >= 11 is 0. The molecule has 0 aliphatic heterocycles. The molecule has 1 heteroatoms. The third-order valence-electron chi connectivity index (χ3n) is 13.6. The molecule has 0 saturated heterocycles. The molecule has 1 nitrogen and oxygen atoms in total. The van der Waals surface area contributed by atoms with Crippen molar-refractivity contribution in [3.05, 3.63) is 24.3 Å². The summed E-state index contributed by atoms with van der Waals surface area (Å²) in [4.78, 5) is 0. The van der Waals surface area contributed by atoms with Crippen molar-refractivity contribution in [2.24, 2.45) is 56.7 Å². The molecule has 5 saturated carbocycles. The summed E-state index contributed by atoms with van der Waals surface area (Å²) in [6.45, 7) is 24.6. The zero-order valence-electron chi connectivity index (χ0n) is 22.0. The number of hydrogen-bond donors (Lipinski definition) is 1. The van der Waals surface area contributed by atoms with Crippen LogP contribution in [0.3, 0.4) is 0 Å². The molecular formula is C31H50O. The van der Waals surface area contributed by atoms with Crippen LogP contribution in [-0.2, 0) is 0 Å². The van der Waals surface area contributed by atoms with Gasteiger partial charge in [0.2, 0.25) is 0 Å². The van der Waals surface area contributed by atoms with Gasteiger partial charge in [0.1, 0.15) is 0 Å². The lowest BCUT2D eigenvalue weighted by Gasteiger charge is -2.72. The Morgan fingerprint density at radius 1 is 0.875 bits per heavy atom. The third kappa shape index (κ3) is 2.61. The Labute approximate surface area is 198 Å². The Morgan fingerprint density at radius 2 is 1.59 bits per heavy atom. The van der Waals surface area contributed by atoms with E-state index < -0.39 is 0 Å². The molecule has 0 aromatic heterocycles. The van der Waals surface area contributed by atoms with Crippen LogP contribution < -0.4 is 0 Å². The summed E-state index contributed by atoms with van der Waals surface area (Å²) in [6, 6.07) is 0. The molecule has 0 aromatic rings. The molecule has 10 atom stereocenters. The fraction of sp³-hybridized carbons (Fsp3) is 0.871. The largest absolute Gasteiger partial charge is 0.395 e. The highest BCUT2D eigenvalue weighted by Gasteiger charge is 2.70. The van der Waals surface area contributed by atoms with Crippen LogP contribution in [0.2, 0.25) is 0 Å². The highest BCUT2D eigenvalue weighted by molar-refractivity contribution is 5.25. The summed E-state index contributed by atoms with van der Waals surface area (Å²) in [7, 11) is 0. The van der Waals surface area contributed by atoms with E-state index in [4.69, 9.17) is 0 Å². The fourth-order valence-electron chi connectivity index (χ4n) is 11.4. The third-order valence-corrected chi connectivity index (χ3v) is 13.6. The highest BCUT2D eigenvalue weighted by Crippen LogP contribution is 2.77. The van der Waals surface area contributed by atoms with Crippen LogP contribution in [0.1, 0.15) is 106 Å². The van der Waals surface area contributed by atoms with Crippen molar-refractivity contribution >= 4 is 0 Å². The molecular weight excluding hydrogens is 388 g/mol. The van der Waals surface area contributed by atoms with Crippen LogP contribution in [0, 0.1) is 56.7 Å². The van der Waals surface area contributed by atoms with Crippen LogP contribution in [0.4, 0.5) is 0 Å². The lowest BCUT2D eigenvalue weighted by atomic mass is 9.32. The predicted molar refractivity (Wildman–Crippen MR) is 135 cm³/mol. The summed E-state index contributed by atoms with van der Waals surface area (Å²) < 4.78 is 0. The zero-order valence-corrected chi connectivity index (χ0v) is 22.0. The first-order valence-electron chi connectivity index (χ1n) is 13.8. The van der Waals surface area contributed by atoms with Crippen molar-refractivity contribution in [3.63, 3.8) is 0 Å². The summed E-state index contributed by atoms with van der Waals surface area (Å²) in [5.41, 5.74) is 4.41. The van der Waals surface area contributed by atoms with E-state index in [-0.39, 0.29) is 12.0 Å². The first-order valence-corrected chi connectivity index (χ1v) is 13.8. The van der Waals surface area contributed by atoms with Crippen LogP contribution in [0.15, 0.2) is 24.3 Å². The summed E-state index contributed by atoms with van der Waals surface area (Å²) in [5, 5.41) is 10.5. The summed E-state index contributed by atoms with van der Waals surface area (Å²) in [5.74, 6) is 3.81. The average molecular weight is 439 g/mol. The molecule has 0 amide bonds. The van der Waals surface area contributed by atoms with E-state index in [9.17, 15) is 5.11 Å². The minimum atomic E-state index is -0.0896. The van der Waals surface area contributed by atoms with Crippen LogP contribution in [-0.4, -0.2) is 11.7 Å². The normalized spacial score (nSPS) is 57.2. The van der Waals surface area contributed by atoms with Crippen molar-refractivity contribution in [2.45, 2.75) is 106 Å². The second-order valence-electron chi connectivity index (χ2n) is 14.5. The minimum absolute atomic E-state index is 0.0896. The quantitative estimate of drug-likeness (QED) is 0.431. The van der Waals surface area contributed by atoms with Gasteiger partial charge in [0.05, 0.1) is 6.61 Å². The fourth-order valence-corrected chi connectivity index (χ4v) is 11.4. The van der Waals surface area contributed by atoms with E-state index >= 15 is 0 Å². The Bertz CT molecular complexity index is 826. The van der Waals surface area contributed by atoms with Crippen molar-refractivity contribution < 1.29 is 5.11 Å². The molecule has 5 aliphatic rings. The number of aliphatic hydroxyl groups is 1. The minimum Gasteiger partial charge on any atom is -0.395 e. The van der Waals surface area contributed by atoms with Crippen molar-refractivity contribution in [2.75, 3.05) is 6.61 Å². The maximum Gasteiger partial charge on any atom is 0.0524 e. The lowest BCUT2D eigenvalue weighted by Crippen LogP contribution is -2.66. The molecule has 1 N–H and O–H groups in total. The van der Waals surface area contributed by atoms with E-state index in [0.717, 1.165) is 30.1 Å². The maximum absolute atomic E-state index is 10.5. The SMILES string of the molecule is C=C(C)C1CCC2(C)CCC3(C)C(CCC4C5(C)CCC(=C)C(C)(CO)C5CCC43C)C12. The molecule has 0 heterocycles. The standard InChI is InChI=1S/C31H50O/c1-20(2)22-12-14-27(4)17-18-30(7)23(26(22)27)9-10-25-28(5)15-11-21(3)29(6,19-32)24(28)13-16-31(25,30)8/h22-26,32H,1,3,9-19H2,2,4-8H3. The van der Waals surface area contributed by atoms with Gasteiger partial charge in [-0.05, 0) is 122 Å². The van der Waals surface area contributed by atoms with Gasteiger partial charge < -0.3 is 5.11 Å². The topological polar surface area (TPSA) is 20.2 Å². The number of fused-ring (bicyclic) bond motifs is 7. The molecule has 0 aromatic carbocycles. The van der Waals surface area contributed by atoms with Gasteiger partial charge in [-0.1, -0.05) is 58.9 Å². The zero-order chi connectivity index (χ0) is 23.3. The number of rotatable bonds is 2. The number of hydrogen-bond acceptors (Lipinski definition) is 1. The molecule has 5 aliphatic carbocycles. The van der Waals surface area contributed by atoms with Gasteiger partial charge in [0.25, 0.3) is 0 Å². The number of aliphatic hydroxyl groups excluding tert-OH is 1. The van der Waals surface area contributed by atoms with Crippen LogP contribution >= 0.6 is 0 Å². The van der Waals surface area contributed by atoms with Gasteiger partial charge in [-0.15, -0.1) is 0 Å². The first-order chi connectivity index (χ1) is 14.9. The van der Waals surface area contributed by atoms with E-state index in [1.165, 1.54) is 68.9 Å². The Balaban J connectivity index is 1.55. The smallest absolute Gasteiger partial charge is 0.0524 e. The molecule has 10 unspecified atom stereocenters. The monoisotopic (exact) mass is 438 g/mol. The van der Waals surface area contributed by atoms with Gasteiger partial charge >= 0.3 is 0 Å². The van der Waals surface area contributed by atoms with E-state index in [0.29, 0.717) is 27.6 Å². The van der Waals surface area contributed by atoms with Gasteiger partial charge in [-0.25, -0.2) is 0 Å². The van der Waals surface area contributed by atoms with Crippen molar-refractivity contribution in [1.82, 2.24) is 0 Å². The second kappa shape index (κ2) is 6.99. The van der Waals surface area contributed by atoms with Crippen LogP contribution in [0.25, 0.3) is 0 Å². The summed E-state index contributed by atoms with van der Waals surface area (Å²) in [6.07, 6.45) is 13.4. The first kappa shape index (κ1) is 23.2. The van der Waals surface area contributed by atoms with Crippen molar-refractivity contribution in [1.29, 1.82) is 0 Å². The highest BCUT2D eigenvalue weighted by atomic mass is 16.3. The lowest BCUT2D eigenvalue weighted by molar-refractivity contribution is -0.233. The molecule has 5 fully saturated rings. The predicted octanol–water partition coefficient (Wildman–Crippen LogP) is 8.19. The molecule has 0 spiro atoms. The molecule has 32 heavy (non-hydrogen) atoms. The van der Waals surface area contributed by atoms with Crippen molar-refractivity contribution in [3.8, 4) is 0 Å². The second-order valence-corrected chi connectivity index (χ2v) is 14.5. The van der Waals surface area contributed by atoms with Gasteiger partial charge in [-0.2, -0.15) is 0 Å². The number of allylic oxidation sites excluding steroid dienone is 1. The molecule has 180 valence electrons. The Hall–Kier alpha value is -0.560. The maximum atomic E-state index is 10.5. The Morgan fingerprint density at radius 3 is 2.25 bits per heavy atom. The Kier molecular flexibility index (Phi) is 5.07.